The Morgan fingerprint density at radius 1 is 0.500 bits per heavy atom. The lowest BCUT2D eigenvalue weighted by Gasteiger charge is -2.23. The van der Waals surface area contributed by atoms with Crippen LogP contribution in [0.25, 0.3) is 0 Å². The van der Waals surface area contributed by atoms with Gasteiger partial charge in [-0.2, -0.15) is 0 Å². The number of hydrogen-bond acceptors (Lipinski definition) is 5. The van der Waals surface area contributed by atoms with Crippen molar-refractivity contribution in [2.24, 2.45) is 0 Å². The zero-order chi connectivity index (χ0) is 45.2. The van der Waals surface area contributed by atoms with Gasteiger partial charge >= 0.3 is 5.97 Å². The van der Waals surface area contributed by atoms with Gasteiger partial charge in [0.25, 0.3) is 0 Å². The maximum Gasteiger partial charge on any atom is 0.306 e. The fraction of sp³-hybridized carbons (Fsp3) is 0.607. The summed E-state index contributed by atoms with van der Waals surface area (Å²) in [4.78, 5) is 26.0. The minimum atomic E-state index is -0.835. The van der Waals surface area contributed by atoms with Crippen LogP contribution in [0.2, 0.25) is 0 Å². The fourth-order valence-electron chi connectivity index (χ4n) is 6.60. The van der Waals surface area contributed by atoms with Crippen molar-refractivity contribution in [3.8, 4) is 0 Å². The van der Waals surface area contributed by atoms with Crippen LogP contribution < -0.4 is 5.32 Å². The SMILES string of the molecule is CC/C=C\C/C=C\C/C=C\C/C=C\C/C=C\CCCC(=O)OC(/C=C/C/C=C/C/C=C/C/C=C/C/C=C/CC)CC(=O)NC(CO)C(O)CCCCCCCCCCCCCC. The number of hydrogen-bond donors (Lipinski definition) is 3. The van der Waals surface area contributed by atoms with Crippen molar-refractivity contribution >= 4 is 11.9 Å². The highest BCUT2D eigenvalue weighted by atomic mass is 16.5. The van der Waals surface area contributed by atoms with Gasteiger partial charge in [0.15, 0.2) is 0 Å². The van der Waals surface area contributed by atoms with Crippen LogP contribution >= 0.6 is 0 Å². The molecule has 0 fully saturated rings. The van der Waals surface area contributed by atoms with Crippen LogP contribution in [0.3, 0.4) is 0 Å². The molecule has 0 aliphatic heterocycles. The van der Waals surface area contributed by atoms with Gasteiger partial charge in [0.1, 0.15) is 6.10 Å². The Labute approximate surface area is 380 Å². The van der Waals surface area contributed by atoms with E-state index in [1.54, 1.807) is 6.08 Å². The third kappa shape index (κ3) is 42.9. The predicted molar refractivity (Wildman–Crippen MR) is 268 cm³/mol. The molecule has 0 aliphatic rings. The van der Waals surface area contributed by atoms with Gasteiger partial charge < -0.3 is 20.3 Å². The summed E-state index contributed by atoms with van der Waals surface area (Å²) >= 11 is 0. The number of carbonyl (C=O) groups excluding carboxylic acids is 2. The Kier molecular flexibility index (Phi) is 45.4. The van der Waals surface area contributed by atoms with Gasteiger partial charge in [-0.15, -0.1) is 0 Å². The summed E-state index contributed by atoms with van der Waals surface area (Å²) in [6.07, 6.45) is 67.2. The van der Waals surface area contributed by atoms with Crippen LogP contribution in [0.5, 0.6) is 0 Å². The van der Waals surface area contributed by atoms with Crippen molar-refractivity contribution in [1.29, 1.82) is 0 Å². The molecule has 3 atom stereocenters. The van der Waals surface area contributed by atoms with E-state index in [-0.39, 0.29) is 31.3 Å². The molecule has 0 heterocycles. The maximum absolute atomic E-state index is 13.1. The molecule has 6 heteroatoms. The zero-order valence-electron chi connectivity index (χ0n) is 39.7. The Morgan fingerprint density at radius 2 is 0.887 bits per heavy atom. The Hall–Kier alpha value is -3.74. The average Bonchev–Trinajstić information content (AvgIpc) is 3.26. The van der Waals surface area contributed by atoms with Gasteiger partial charge in [-0.1, -0.05) is 213 Å². The molecular weight excluding hydrogens is 767 g/mol. The Bertz CT molecular complexity index is 1330. The molecule has 0 aromatic carbocycles. The summed E-state index contributed by atoms with van der Waals surface area (Å²) in [7, 11) is 0. The molecule has 3 N–H and O–H groups in total. The highest BCUT2D eigenvalue weighted by Crippen LogP contribution is 2.15. The first-order valence-corrected chi connectivity index (χ1v) is 24.8. The molecule has 0 saturated heterocycles. The van der Waals surface area contributed by atoms with E-state index >= 15 is 0 Å². The number of nitrogens with one attached hydrogen (secondary N) is 1. The van der Waals surface area contributed by atoms with Gasteiger partial charge in [-0.3, -0.25) is 9.59 Å². The summed E-state index contributed by atoms with van der Waals surface area (Å²) in [6, 6.07) is -0.761. The molecule has 350 valence electrons. The van der Waals surface area contributed by atoms with Crippen LogP contribution in [0.1, 0.15) is 194 Å². The van der Waals surface area contributed by atoms with E-state index in [0.29, 0.717) is 19.3 Å². The number of amides is 1. The van der Waals surface area contributed by atoms with Gasteiger partial charge in [0.05, 0.1) is 25.2 Å². The number of esters is 1. The first kappa shape index (κ1) is 58.3. The predicted octanol–water partition coefficient (Wildman–Crippen LogP) is 14.9. The van der Waals surface area contributed by atoms with E-state index in [1.807, 2.05) is 6.08 Å². The van der Waals surface area contributed by atoms with Crippen LogP contribution in [-0.2, 0) is 14.3 Å². The van der Waals surface area contributed by atoms with E-state index in [1.165, 1.54) is 57.8 Å². The average molecular weight is 858 g/mol. The zero-order valence-corrected chi connectivity index (χ0v) is 39.7. The molecule has 0 spiro atoms. The normalized spacial score (nSPS) is 14.3. The molecule has 0 aromatic heterocycles. The van der Waals surface area contributed by atoms with E-state index < -0.39 is 18.2 Å². The van der Waals surface area contributed by atoms with Gasteiger partial charge in [0.2, 0.25) is 5.91 Å². The topological polar surface area (TPSA) is 95.9 Å². The van der Waals surface area contributed by atoms with Crippen molar-refractivity contribution in [2.75, 3.05) is 6.61 Å². The summed E-state index contributed by atoms with van der Waals surface area (Å²) < 4.78 is 5.78. The molecule has 0 rings (SSSR count). The molecular formula is C56H91NO5. The Morgan fingerprint density at radius 3 is 1.31 bits per heavy atom. The number of aliphatic hydroxyl groups excluding tert-OH is 2. The molecule has 0 aliphatic carbocycles. The lowest BCUT2D eigenvalue weighted by molar-refractivity contribution is -0.148. The van der Waals surface area contributed by atoms with Crippen molar-refractivity contribution in [1.82, 2.24) is 5.32 Å². The quantitative estimate of drug-likeness (QED) is 0.0323. The number of unbranched alkanes of at least 4 members (excludes halogenated alkanes) is 12. The van der Waals surface area contributed by atoms with Crippen molar-refractivity contribution in [3.63, 3.8) is 0 Å². The van der Waals surface area contributed by atoms with E-state index in [9.17, 15) is 19.8 Å². The molecule has 0 radical (unpaired) electrons. The minimum absolute atomic E-state index is 0.0763. The first-order chi connectivity index (χ1) is 30.5. The lowest BCUT2D eigenvalue weighted by atomic mass is 10.0. The third-order valence-electron chi connectivity index (χ3n) is 10.3. The van der Waals surface area contributed by atoms with E-state index in [0.717, 1.165) is 83.5 Å². The van der Waals surface area contributed by atoms with Crippen molar-refractivity contribution in [2.45, 2.75) is 212 Å². The van der Waals surface area contributed by atoms with Crippen LogP contribution in [0.15, 0.2) is 122 Å². The highest BCUT2D eigenvalue weighted by molar-refractivity contribution is 5.78. The molecule has 0 saturated carbocycles. The van der Waals surface area contributed by atoms with Gasteiger partial charge in [0, 0.05) is 6.42 Å². The van der Waals surface area contributed by atoms with Gasteiger partial charge in [-0.05, 0) is 89.5 Å². The fourth-order valence-corrected chi connectivity index (χ4v) is 6.60. The smallest absolute Gasteiger partial charge is 0.306 e. The van der Waals surface area contributed by atoms with Gasteiger partial charge in [-0.25, -0.2) is 0 Å². The number of carbonyl (C=O) groups is 2. The number of rotatable bonds is 42. The minimum Gasteiger partial charge on any atom is -0.458 e. The standard InChI is InChI=1S/C56H91NO5/c1-4-7-10-13-16-19-22-25-27-28-29-31-34-37-40-43-46-49-56(61)62-52(47-44-41-38-35-32-30-26-23-20-17-14-11-8-5-2)50-55(60)57-53(51-58)54(59)48-45-42-39-36-33-24-21-18-15-12-9-6-3/h7-8,10-11,16-17,19-20,25-27,29-31,35,37-38,40,44,47,52-54,58-59H,4-6,9,12-15,18,21-24,28,32-34,36,39,41-43,45-46,48-51H2,1-3H3,(H,57,60)/b10-7-,11-8+,19-16-,20-17+,27-25-,30-26+,31-29-,38-35+,40-37-,47-44+. The summed E-state index contributed by atoms with van der Waals surface area (Å²) in [5, 5.41) is 23.6. The largest absolute Gasteiger partial charge is 0.458 e. The molecule has 0 aromatic rings. The molecule has 3 unspecified atom stereocenters. The number of aliphatic hydroxyl groups is 2. The van der Waals surface area contributed by atoms with Crippen LogP contribution in [-0.4, -0.2) is 46.9 Å². The number of allylic oxidation sites excluding steroid dienone is 19. The van der Waals surface area contributed by atoms with Crippen molar-refractivity contribution < 1.29 is 24.5 Å². The van der Waals surface area contributed by atoms with E-state index in [4.69, 9.17) is 4.74 Å². The summed E-state index contributed by atoms with van der Waals surface area (Å²) in [5.41, 5.74) is 0. The summed E-state index contributed by atoms with van der Waals surface area (Å²) in [6.45, 7) is 6.18. The summed E-state index contributed by atoms with van der Waals surface area (Å²) in [5.74, 6) is -0.711. The second-order valence-corrected chi connectivity index (χ2v) is 16.1. The first-order valence-electron chi connectivity index (χ1n) is 24.8. The maximum atomic E-state index is 13.1. The Balaban J connectivity index is 4.86. The third-order valence-corrected chi connectivity index (χ3v) is 10.3. The number of ether oxygens (including phenoxy) is 1. The van der Waals surface area contributed by atoms with Crippen molar-refractivity contribution in [3.05, 3.63) is 122 Å². The van der Waals surface area contributed by atoms with Crippen LogP contribution in [0.4, 0.5) is 0 Å². The second kappa shape index (κ2) is 48.3. The molecule has 1 amide bonds. The molecule has 0 bridgehead atoms. The monoisotopic (exact) mass is 858 g/mol. The molecule has 62 heavy (non-hydrogen) atoms. The molecule has 6 nitrogen and oxygen atoms in total. The lowest BCUT2D eigenvalue weighted by Crippen LogP contribution is -2.46. The van der Waals surface area contributed by atoms with E-state index in [2.05, 4.69) is 135 Å². The second-order valence-electron chi connectivity index (χ2n) is 16.1. The highest BCUT2D eigenvalue weighted by Gasteiger charge is 2.23. The van der Waals surface area contributed by atoms with Crippen LogP contribution in [0, 0.1) is 0 Å².